The van der Waals surface area contributed by atoms with Gasteiger partial charge in [0.05, 0.1) is 5.56 Å². The molecule has 1 unspecified atom stereocenters. The van der Waals surface area contributed by atoms with E-state index in [1.807, 2.05) is 6.07 Å². The van der Waals surface area contributed by atoms with Crippen molar-refractivity contribution in [2.45, 2.75) is 25.3 Å². The molecule has 2 N–H and O–H groups in total. The van der Waals surface area contributed by atoms with Gasteiger partial charge < -0.3 is 10.4 Å². The fourth-order valence-corrected chi connectivity index (χ4v) is 3.13. The summed E-state index contributed by atoms with van der Waals surface area (Å²) in [6, 6.07) is 13.4. The van der Waals surface area contributed by atoms with Crippen LogP contribution in [-0.2, 0) is 12.8 Å². The van der Waals surface area contributed by atoms with E-state index in [9.17, 15) is 9.90 Å². The lowest BCUT2D eigenvalue weighted by Crippen LogP contribution is -2.38. The Labute approximate surface area is 132 Å². The average molecular weight is 346 g/mol. The third-order valence-electron chi connectivity index (χ3n) is 3.89. The molecule has 0 spiro atoms. The molecule has 0 aromatic heterocycles. The maximum Gasteiger partial charge on any atom is 0.255 e. The molecule has 0 heterocycles. The molecule has 0 fully saturated rings. The number of rotatable bonds is 2. The van der Waals surface area contributed by atoms with E-state index in [-0.39, 0.29) is 17.7 Å². The fraction of sp³-hybridized carbons (Fsp3) is 0.235. The molecule has 2 aromatic carbocycles. The zero-order valence-corrected chi connectivity index (χ0v) is 13.1. The lowest BCUT2D eigenvalue weighted by molar-refractivity contribution is 0.0931. The third kappa shape index (κ3) is 3.10. The van der Waals surface area contributed by atoms with Gasteiger partial charge in [0, 0.05) is 10.5 Å². The monoisotopic (exact) mass is 345 g/mol. The summed E-state index contributed by atoms with van der Waals surface area (Å²) in [5, 5.41) is 12.9. The van der Waals surface area contributed by atoms with E-state index in [1.165, 1.54) is 17.2 Å². The minimum absolute atomic E-state index is 0.00177. The summed E-state index contributed by atoms with van der Waals surface area (Å²) in [7, 11) is 0. The molecule has 1 atom stereocenters. The lowest BCUT2D eigenvalue weighted by atomic mass is 9.88. The normalized spacial score (nSPS) is 17.1. The summed E-state index contributed by atoms with van der Waals surface area (Å²) >= 11 is 3.27. The van der Waals surface area contributed by atoms with Gasteiger partial charge in [-0.05, 0) is 48.6 Å². The maximum absolute atomic E-state index is 12.3. The number of aromatic hydroxyl groups is 1. The number of nitrogens with one attached hydrogen (secondary N) is 1. The Morgan fingerprint density at radius 1 is 1.19 bits per heavy atom. The summed E-state index contributed by atoms with van der Waals surface area (Å²) in [5.74, 6) is -0.220. The van der Waals surface area contributed by atoms with E-state index >= 15 is 0 Å². The molecule has 1 amide bonds. The number of halogens is 1. The van der Waals surface area contributed by atoms with Crippen LogP contribution in [0.4, 0.5) is 0 Å². The molecule has 4 heteroatoms. The van der Waals surface area contributed by atoms with Crippen LogP contribution < -0.4 is 5.32 Å². The summed E-state index contributed by atoms with van der Waals surface area (Å²) in [5.41, 5.74) is 2.99. The van der Waals surface area contributed by atoms with Crippen LogP contribution >= 0.6 is 15.9 Å². The second-order valence-electron chi connectivity index (χ2n) is 5.34. The molecule has 3 nitrogen and oxygen atoms in total. The first kappa shape index (κ1) is 14.1. The van der Waals surface area contributed by atoms with Crippen LogP contribution in [0.25, 0.3) is 0 Å². The standard InChI is InChI=1S/C17H16BrNO2/c18-13-6-8-15(16(20)10-13)17(21)19-14-7-5-11-3-1-2-4-12(11)9-14/h1-4,6,8,10,14,20H,5,7,9H2,(H,19,21). The molecule has 0 saturated heterocycles. The van der Waals surface area contributed by atoms with Gasteiger partial charge in [0.15, 0.2) is 0 Å². The third-order valence-corrected chi connectivity index (χ3v) is 4.38. The maximum atomic E-state index is 12.3. The van der Waals surface area contributed by atoms with Gasteiger partial charge >= 0.3 is 0 Å². The summed E-state index contributed by atoms with van der Waals surface area (Å²) in [6.07, 6.45) is 2.76. The van der Waals surface area contributed by atoms with Crippen molar-refractivity contribution in [3.05, 3.63) is 63.6 Å². The van der Waals surface area contributed by atoms with Gasteiger partial charge in [-0.15, -0.1) is 0 Å². The van der Waals surface area contributed by atoms with Gasteiger partial charge in [0.1, 0.15) is 5.75 Å². The molecule has 0 bridgehead atoms. The zero-order chi connectivity index (χ0) is 14.8. The Kier molecular flexibility index (Phi) is 3.97. The van der Waals surface area contributed by atoms with Crippen LogP contribution in [0.2, 0.25) is 0 Å². The van der Waals surface area contributed by atoms with E-state index in [1.54, 1.807) is 12.1 Å². The fourth-order valence-electron chi connectivity index (χ4n) is 2.78. The molecule has 0 saturated carbocycles. The van der Waals surface area contributed by atoms with Crippen molar-refractivity contribution < 1.29 is 9.90 Å². The van der Waals surface area contributed by atoms with Gasteiger partial charge in [0.25, 0.3) is 5.91 Å². The van der Waals surface area contributed by atoms with Crippen LogP contribution in [0.5, 0.6) is 5.75 Å². The number of benzene rings is 2. The van der Waals surface area contributed by atoms with Gasteiger partial charge in [-0.3, -0.25) is 4.79 Å². The molecular weight excluding hydrogens is 330 g/mol. The highest BCUT2D eigenvalue weighted by Gasteiger charge is 2.21. The lowest BCUT2D eigenvalue weighted by Gasteiger charge is -2.25. The number of phenols is 1. The Bertz CT molecular complexity index is 684. The number of aryl methyl sites for hydroxylation is 1. The van der Waals surface area contributed by atoms with Crippen molar-refractivity contribution in [2.24, 2.45) is 0 Å². The molecule has 1 aliphatic carbocycles. The van der Waals surface area contributed by atoms with Crippen LogP contribution in [-0.4, -0.2) is 17.1 Å². The summed E-state index contributed by atoms with van der Waals surface area (Å²) in [6.45, 7) is 0. The van der Waals surface area contributed by atoms with Crippen LogP contribution in [0.3, 0.4) is 0 Å². The van der Waals surface area contributed by atoms with Gasteiger partial charge in [-0.2, -0.15) is 0 Å². The van der Waals surface area contributed by atoms with Gasteiger partial charge in [-0.1, -0.05) is 40.2 Å². The molecule has 108 valence electrons. The predicted octanol–water partition coefficient (Wildman–Crippen LogP) is 3.44. The summed E-state index contributed by atoms with van der Waals surface area (Å²) < 4.78 is 0.753. The van der Waals surface area contributed by atoms with E-state index in [4.69, 9.17) is 0 Å². The van der Waals surface area contributed by atoms with Gasteiger partial charge in [-0.25, -0.2) is 0 Å². The van der Waals surface area contributed by atoms with E-state index < -0.39 is 0 Å². The molecule has 2 aromatic rings. The van der Waals surface area contributed by atoms with Crippen molar-refractivity contribution in [1.29, 1.82) is 0 Å². The largest absolute Gasteiger partial charge is 0.507 e. The van der Waals surface area contributed by atoms with E-state index in [2.05, 4.69) is 39.4 Å². The number of carbonyl (C=O) groups is 1. The van der Waals surface area contributed by atoms with Crippen LogP contribution in [0, 0.1) is 0 Å². The SMILES string of the molecule is O=C(NC1CCc2ccccc2C1)c1ccc(Br)cc1O. The number of amides is 1. The van der Waals surface area contributed by atoms with Crippen molar-refractivity contribution >= 4 is 21.8 Å². The minimum atomic E-state index is -0.218. The smallest absolute Gasteiger partial charge is 0.255 e. The molecule has 0 aliphatic heterocycles. The molecule has 21 heavy (non-hydrogen) atoms. The number of phenolic OH excluding ortho intramolecular Hbond substituents is 1. The van der Waals surface area contributed by atoms with Crippen molar-refractivity contribution in [3.8, 4) is 5.75 Å². The van der Waals surface area contributed by atoms with Crippen molar-refractivity contribution in [1.82, 2.24) is 5.32 Å². The highest BCUT2D eigenvalue weighted by Crippen LogP contribution is 2.24. The number of fused-ring (bicyclic) bond motifs is 1. The van der Waals surface area contributed by atoms with Crippen LogP contribution in [0.15, 0.2) is 46.9 Å². The first-order chi connectivity index (χ1) is 10.1. The molecular formula is C17H16BrNO2. The number of hydrogen-bond donors (Lipinski definition) is 2. The molecule has 1 aliphatic rings. The second-order valence-corrected chi connectivity index (χ2v) is 6.26. The second kappa shape index (κ2) is 5.90. The average Bonchev–Trinajstić information content (AvgIpc) is 2.47. The number of carbonyl (C=O) groups excluding carboxylic acids is 1. The first-order valence-electron chi connectivity index (χ1n) is 6.99. The highest BCUT2D eigenvalue weighted by atomic mass is 79.9. The van der Waals surface area contributed by atoms with Crippen molar-refractivity contribution in [2.75, 3.05) is 0 Å². The zero-order valence-electron chi connectivity index (χ0n) is 11.5. The quantitative estimate of drug-likeness (QED) is 0.875. The Morgan fingerprint density at radius 3 is 2.71 bits per heavy atom. The molecule has 0 radical (unpaired) electrons. The molecule has 3 rings (SSSR count). The highest BCUT2D eigenvalue weighted by molar-refractivity contribution is 9.10. The van der Waals surface area contributed by atoms with E-state index in [0.717, 1.165) is 23.7 Å². The minimum Gasteiger partial charge on any atom is -0.507 e. The number of hydrogen-bond acceptors (Lipinski definition) is 2. The van der Waals surface area contributed by atoms with E-state index in [0.29, 0.717) is 5.56 Å². The Morgan fingerprint density at radius 2 is 1.95 bits per heavy atom. The van der Waals surface area contributed by atoms with Crippen LogP contribution in [0.1, 0.15) is 27.9 Å². The Hall–Kier alpha value is -1.81. The summed E-state index contributed by atoms with van der Waals surface area (Å²) in [4.78, 5) is 12.3. The van der Waals surface area contributed by atoms with Crippen molar-refractivity contribution in [3.63, 3.8) is 0 Å². The Balaban J connectivity index is 1.71. The predicted molar refractivity (Wildman–Crippen MR) is 85.5 cm³/mol. The topological polar surface area (TPSA) is 49.3 Å². The van der Waals surface area contributed by atoms with Gasteiger partial charge in [0.2, 0.25) is 0 Å². The first-order valence-corrected chi connectivity index (χ1v) is 7.79.